The number of hydrogen-bond donors (Lipinski definition) is 2. The maximum absolute atomic E-state index is 11.5. The Bertz CT molecular complexity index is 322. The summed E-state index contributed by atoms with van der Waals surface area (Å²) in [5, 5.41) is 9.72. The Kier molecular flexibility index (Phi) is 4.23. The third-order valence-electron chi connectivity index (χ3n) is 2.01. The van der Waals surface area contributed by atoms with Gasteiger partial charge in [0, 0.05) is 19.5 Å². The van der Waals surface area contributed by atoms with Crippen LogP contribution in [0.25, 0.3) is 0 Å². The van der Waals surface area contributed by atoms with E-state index < -0.39 is 0 Å². The molecule has 1 aromatic heterocycles. The van der Waals surface area contributed by atoms with Crippen molar-refractivity contribution in [1.82, 2.24) is 20.1 Å². The van der Waals surface area contributed by atoms with Crippen molar-refractivity contribution in [2.45, 2.75) is 26.3 Å². The maximum Gasteiger partial charge on any atom is 0.228 e. The first-order valence-corrected chi connectivity index (χ1v) is 5.00. The zero-order chi connectivity index (χ0) is 11.3. The molecule has 1 heterocycles. The minimum Gasteiger partial charge on any atom is -0.314 e. The van der Waals surface area contributed by atoms with Crippen molar-refractivity contribution >= 4 is 11.9 Å². The standard InChI is InChI=1S/C9H17N5O/c1-4-10-7(2)5-8(15)13-9-11-6-12-14(9)3/h6-7,10H,4-5H2,1-3H3,(H,11,12,13,15). The second kappa shape index (κ2) is 5.45. The minimum absolute atomic E-state index is 0.0560. The van der Waals surface area contributed by atoms with Crippen LogP contribution in [0.5, 0.6) is 0 Å². The number of nitrogens with one attached hydrogen (secondary N) is 2. The van der Waals surface area contributed by atoms with Gasteiger partial charge in [0.1, 0.15) is 6.33 Å². The number of rotatable bonds is 5. The van der Waals surface area contributed by atoms with Crippen molar-refractivity contribution in [2.75, 3.05) is 11.9 Å². The van der Waals surface area contributed by atoms with Gasteiger partial charge in [-0.1, -0.05) is 6.92 Å². The maximum atomic E-state index is 11.5. The molecule has 0 aromatic carbocycles. The van der Waals surface area contributed by atoms with Gasteiger partial charge in [-0.25, -0.2) is 4.68 Å². The molecule has 0 fully saturated rings. The summed E-state index contributed by atoms with van der Waals surface area (Å²) in [5.74, 6) is 0.420. The lowest BCUT2D eigenvalue weighted by atomic mass is 10.2. The van der Waals surface area contributed by atoms with Crippen molar-refractivity contribution in [3.63, 3.8) is 0 Å². The second-order valence-corrected chi connectivity index (χ2v) is 3.42. The fourth-order valence-corrected chi connectivity index (χ4v) is 1.28. The van der Waals surface area contributed by atoms with Crippen molar-refractivity contribution < 1.29 is 4.79 Å². The number of amides is 1. The number of hydrogen-bond acceptors (Lipinski definition) is 4. The van der Waals surface area contributed by atoms with E-state index in [0.717, 1.165) is 6.54 Å². The Balaban J connectivity index is 2.40. The summed E-state index contributed by atoms with van der Waals surface area (Å²) < 4.78 is 1.52. The number of aryl methyl sites for hydroxylation is 1. The smallest absolute Gasteiger partial charge is 0.228 e. The first kappa shape index (κ1) is 11.6. The van der Waals surface area contributed by atoms with Crippen LogP contribution in [0, 0.1) is 0 Å². The Morgan fingerprint density at radius 2 is 2.40 bits per heavy atom. The van der Waals surface area contributed by atoms with Gasteiger partial charge in [0.05, 0.1) is 0 Å². The van der Waals surface area contributed by atoms with Crippen LogP contribution in [0.15, 0.2) is 6.33 Å². The molecule has 0 saturated carbocycles. The molecule has 15 heavy (non-hydrogen) atoms. The fourth-order valence-electron chi connectivity index (χ4n) is 1.28. The summed E-state index contributed by atoms with van der Waals surface area (Å²) in [7, 11) is 1.73. The minimum atomic E-state index is -0.0560. The summed E-state index contributed by atoms with van der Waals surface area (Å²) in [5.41, 5.74) is 0. The van der Waals surface area contributed by atoms with Gasteiger partial charge in [-0.15, -0.1) is 0 Å². The highest BCUT2D eigenvalue weighted by molar-refractivity contribution is 5.89. The topological polar surface area (TPSA) is 71.8 Å². The molecule has 1 unspecified atom stereocenters. The summed E-state index contributed by atoms with van der Waals surface area (Å²) >= 11 is 0. The molecule has 0 spiro atoms. The molecular weight excluding hydrogens is 194 g/mol. The lowest BCUT2D eigenvalue weighted by molar-refractivity contribution is -0.116. The molecular formula is C9H17N5O. The predicted octanol–water partition coefficient (Wildman–Crippen LogP) is 0.142. The molecule has 0 saturated heterocycles. The first-order valence-electron chi connectivity index (χ1n) is 5.00. The Morgan fingerprint density at radius 1 is 1.67 bits per heavy atom. The monoisotopic (exact) mass is 211 g/mol. The van der Waals surface area contributed by atoms with Crippen LogP contribution in [-0.2, 0) is 11.8 Å². The molecule has 2 N–H and O–H groups in total. The largest absolute Gasteiger partial charge is 0.314 e. The van der Waals surface area contributed by atoms with Crippen LogP contribution in [0.3, 0.4) is 0 Å². The van der Waals surface area contributed by atoms with E-state index in [9.17, 15) is 4.79 Å². The quantitative estimate of drug-likeness (QED) is 0.726. The number of carbonyl (C=O) groups excluding carboxylic acids is 1. The van der Waals surface area contributed by atoms with E-state index in [2.05, 4.69) is 20.7 Å². The van der Waals surface area contributed by atoms with E-state index in [1.54, 1.807) is 7.05 Å². The van der Waals surface area contributed by atoms with E-state index in [1.807, 2.05) is 13.8 Å². The summed E-state index contributed by atoms with van der Waals surface area (Å²) in [4.78, 5) is 15.4. The number of anilines is 1. The second-order valence-electron chi connectivity index (χ2n) is 3.42. The van der Waals surface area contributed by atoms with Crippen LogP contribution in [0.1, 0.15) is 20.3 Å². The van der Waals surface area contributed by atoms with Gasteiger partial charge in [0.25, 0.3) is 0 Å². The van der Waals surface area contributed by atoms with Crippen molar-refractivity contribution in [2.24, 2.45) is 7.05 Å². The van der Waals surface area contributed by atoms with Crippen LogP contribution >= 0.6 is 0 Å². The lowest BCUT2D eigenvalue weighted by Crippen LogP contribution is -2.30. The molecule has 0 aliphatic carbocycles. The molecule has 0 aliphatic rings. The Hall–Kier alpha value is -1.43. The Labute approximate surface area is 89.1 Å². The van der Waals surface area contributed by atoms with Gasteiger partial charge < -0.3 is 5.32 Å². The van der Waals surface area contributed by atoms with Gasteiger partial charge in [0.15, 0.2) is 0 Å². The van der Waals surface area contributed by atoms with Crippen LogP contribution in [-0.4, -0.2) is 33.3 Å². The van der Waals surface area contributed by atoms with E-state index in [4.69, 9.17) is 0 Å². The third kappa shape index (κ3) is 3.67. The normalized spacial score (nSPS) is 12.5. The van der Waals surface area contributed by atoms with Gasteiger partial charge in [0.2, 0.25) is 11.9 Å². The van der Waals surface area contributed by atoms with E-state index in [1.165, 1.54) is 11.0 Å². The third-order valence-corrected chi connectivity index (χ3v) is 2.01. The zero-order valence-electron chi connectivity index (χ0n) is 9.32. The molecule has 1 aromatic rings. The predicted molar refractivity (Wildman–Crippen MR) is 57.4 cm³/mol. The van der Waals surface area contributed by atoms with Gasteiger partial charge in [-0.2, -0.15) is 10.1 Å². The molecule has 0 aliphatic heterocycles. The van der Waals surface area contributed by atoms with Crippen molar-refractivity contribution in [1.29, 1.82) is 0 Å². The summed E-state index contributed by atoms with van der Waals surface area (Å²) in [6, 6.07) is 0.170. The highest BCUT2D eigenvalue weighted by atomic mass is 16.1. The van der Waals surface area contributed by atoms with Crippen LogP contribution < -0.4 is 10.6 Å². The lowest BCUT2D eigenvalue weighted by Gasteiger charge is -2.11. The summed E-state index contributed by atoms with van der Waals surface area (Å²) in [6.07, 6.45) is 1.84. The van der Waals surface area contributed by atoms with Gasteiger partial charge in [-0.05, 0) is 13.5 Å². The van der Waals surface area contributed by atoms with E-state index in [-0.39, 0.29) is 11.9 Å². The zero-order valence-corrected chi connectivity index (χ0v) is 9.32. The van der Waals surface area contributed by atoms with Crippen LogP contribution in [0.2, 0.25) is 0 Å². The molecule has 1 amide bonds. The van der Waals surface area contributed by atoms with Crippen molar-refractivity contribution in [3.8, 4) is 0 Å². The van der Waals surface area contributed by atoms with E-state index >= 15 is 0 Å². The number of aromatic nitrogens is 3. The Morgan fingerprint density at radius 3 is 2.93 bits per heavy atom. The molecule has 6 heteroatoms. The average Bonchev–Trinajstić information content (AvgIpc) is 2.52. The first-order chi connectivity index (χ1) is 7.13. The molecule has 0 bridgehead atoms. The van der Waals surface area contributed by atoms with Crippen LogP contribution in [0.4, 0.5) is 5.95 Å². The van der Waals surface area contributed by atoms with Crippen molar-refractivity contribution in [3.05, 3.63) is 6.33 Å². The number of carbonyl (C=O) groups is 1. The van der Waals surface area contributed by atoms with E-state index in [0.29, 0.717) is 12.4 Å². The molecule has 1 rings (SSSR count). The molecule has 84 valence electrons. The van der Waals surface area contributed by atoms with Gasteiger partial charge in [-0.3, -0.25) is 10.1 Å². The molecule has 1 atom stereocenters. The number of nitrogens with zero attached hydrogens (tertiary/aromatic N) is 3. The highest BCUT2D eigenvalue weighted by Gasteiger charge is 2.10. The molecule has 0 radical (unpaired) electrons. The SMILES string of the molecule is CCNC(C)CC(=O)Nc1ncnn1C. The average molecular weight is 211 g/mol. The highest BCUT2D eigenvalue weighted by Crippen LogP contribution is 2.00. The van der Waals surface area contributed by atoms with Gasteiger partial charge >= 0.3 is 0 Å². The summed E-state index contributed by atoms with van der Waals surface area (Å²) in [6.45, 7) is 4.84. The molecule has 6 nitrogen and oxygen atoms in total. The fraction of sp³-hybridized carbons (Fsp3) is 0.667.